The van der Waals surface area contributed by atoms with Crippen molar-refractivity contribution in [3.63, 3.8) is 0 Å². The Balaban J connectivity index is 1.47. The van der Waals surface area contributed by atoms with Gasteiger partial charge in [-0.05, 0) is 55.8 Å². The Bertz CT molecular complexity index is 1760. The molecular formula is C25H20FN5O4S. The smallest absolute Gasteiger partial charge is 0.264 e. The Kier molecular flexibility index (Phi) is 5.77. The molecule has 36 heavy (non-hydrogen) atoms. The number of fused-ring (bicyclic) bond motifs is 1. The van der Waals surface area contributed by atoms with Gasteiger partial charge in [0.1, 0.15) is 16.5 Å². The van der Waals surface area contributed by atoms with Crippen molar-refractivity contribution in [2.45, 2.75) is 18.7 Å². The van der Waals surface area contributed by atoms with Gasteiger partial charge in [-0.3, -0.25) is 14.6 Å². The molecule has 0 atom stereocenters. The minimum absolute atomic E-state index is 0.260. The Morgan fingerprint density at radius 3 is 2.53 bits per heavy atom. The Hall–Kier alpha value is -4.51. The summed E-state index contributed by atoms with van der Waals surface area (Å²) in [6.45, 7) is 3.52. The van der Waals surface area contributed by atoms with Gasteiger partial charge in [0.15, 0.2) is 0 Å². The van der Waals surface area contributed by atoms with E-state index in [-0.39, 0.29) is 17.1 Å². The van der Waals surface area contributed by atoms with Crippen LogP contribution in [0.15, 0.2) is 76.6 Å². The zero-order valence-corrected chi connectivity index (χ0v) is 20.0. The molecule has 3 heterocycles. The maximum atomic E-state index is 14.1. The van der Waals surface area contributed by atoms with E-state index in [1.165, 1.54) is 24.4 Å². The van der Waals surface area contributed by atoms with Crippen molar-refractivity contribution in [3.05, 3.63) is 94.3 Å². The number of pyridine rings is 2. The number of hydrogen-bond acceptors (Lipinski definition) is 6. The van der Waals surface area contributed by atoms with E-state index in [0.29, 0.717) is 33.5 Å². The van der Waals surface area contributed by atoms with Crippen LogP contribution in [0, 0.1) is 19.7 Å². The van der Waals surface area contributed by atoms with Crippen molar-refractivity contribution >= 4 is 26.6 Å². The predicted molar refractivity (Wildman–Crippen MR) is 133 cm³/mol. The van der Waals surface area contributed by atoms with Gasteiger partial charge in [-0.1, -0.05) is 18.2 Å². The van der Waals surface area contributed by atoms with Crippen molar-refractivity contribution in [2.75, 3.05) is 4.72 Å². The van der Waals surface area contributed by atoms with Crippen molar-refractivity contribution in [2.24, 2.45) is 0 Å². The number of aryl methyl sites for hydroxylation is 2. The maximum absolute atomic E-state index is 14.1. The first-order chi connectivity index (χ1) is 17.2. The van der Waals surface area contributed by atoms with Gasteiger partial charge in [0.05, 0.1) is 16.6 Å². The van der Waals surface area contributed by atoms with Crippen molar-refractivity contribution in [3.8, 4) is 22.9 Å². The van der Waals surface area contributed by atoms with Crippen molar-refractivity contribution < 1.29 is 17.5 Å². The molecule has 0 unspecified atom stereocenters. The number of nitrogens with zero attached hydrogens (tertiary/aromatic N) is 2. The normalized spacial score (nSPS) is 11.5. The number of ether oxygens (including phenoxy) is 1. The van der Waals surface area contributed by atoms with Crippen LogP contribution in [0.25, 0.3) is 22.2 Å². The minimum atomic E-state index is -4.12. The number of nitrogens with one attached hydrogen (secondary N) is 3. The number of sulfonamides is 1. The van der Waals surface area contributed by atoms with Gasteiger partial charge in [-0.2, -0.15) is 5.10 Å². The molecule has 0 saturated carbocycles. The average molecular weight is 506 g/mol. The highest BCUT2D eigenvalue weighted by atomic mass is 32.2. The molecule has 0 saturated heterocycles. The van der Waals surface area contributed by atoms with E-state index in [9.17, 15) is 17.6 Å². The summed E-state index contributed by atoms with van der Waals surface area (Å²) in [7, 11) is -4.12. The monoisotopic (exact) mass is 505 g/mol. The average Bonchev–Trinajstić information content (AvgIpc) is 3.22. The third-order valence-corrected chi connectivity index (χ3v) is 6.85. The number of benzene rings is 2. The molecule has 9 nitrogen and oxygen atoms in total. The second-order valence-corrected chi connectivity index (χ2v) is 9.81. The van der Waals surface area contributed by atoms with E-state index in [1.54, 1.807) is 43.3 Å². The summed E-state index contributed by atoms with van der Waals surface area (Å²) in [5.41, 5.74) is 3.11. The fourth-order valence-corrected chi connectivity index (χ4v) is 4.93. The molecule has 0 radical (unpaired) electrons. The summed E-state index contributed by atoms with van der Waals surface area (Å²) in [6.07, 6.45) is 1.48. The molecule has 5 rings (SSSR count). The maximum Gasteiger partial charge on any atom is 0.264 e. The van der Waals surface area contributed by atoms with Crippen LogP contribution < -0.4 is 15.0 Å². The molecule has 182 valence electrons. The van der Waals surface area contributed by atoms with Gasteiger partial charge >= 0.3 is 0 Å². The molecule has 3 N–H and O–H groups in total. The van der Waals surface area contributed by atoms with Gasteiger partial charge in [0.25, 0.3) is 15.6 Å². The van der Waals surface area contributed by atoms with Gasteiger partial charge in [-0.15, -0.1) is 0 Å². The fourth-order valence-electron chi connectivity index (χ4n) is 3.71. The Morgan fingerprint density at radius 1 is 1.00 bits per heavy atom. The second-order valence-electron chi connectivity index (χ2n) is 8.16. The summed E-state index contributed by atoms with van der Waals surface area (Å²) in [5, 5.41) is 7.88. The standard InChI is InChI=1S/C25H20FN5O4S/c1-14-3-8-19(26)22(11-14)36(33,34)31-17-6-4-16(5-7-17)20-13-21-24(15(2)29-30-21)25(28-20)35-18-9-10-27-23(32)12-18/h3-13,31H,1-2H3,(H,27,32)(H,29,30). The topological polar surface area (TPSA) is 130 Å². The summed E-state index contributed by atoms with van der Waals surface area (Å²) < 4.78 is 47.9. The number of anilines is 1. The largest absolute Gasteiger partial charge is 0.438 e. The number of H-pyrrole nitrogens is 2. The van der Waals surface area contributed by atoms with Crippen molar-refractivity contribution in [1.29, 1.82) is 0 Å². The first-order valence-corrected chi connectivity index (χ1v) is 12.3. The molecule has 0 aliphatic carbocycles. The molecule has 2 aromatic carbocycles. The van der Waals surface area contributed by atoms with Crippen LogP contribution >= 0.6 is 0 Å². The molecular weight excluding hydrogens is 485 g/mol. The lowest BCUT2D eigenvalue weighted by atomic mass is 10.1. The summed E-state index contributed by atoms with van der Waals surface area (Å²) in [6, 6.07) is 15.0. The van der Waals surface area contributed by atoms with E-state index < -0.39 is 20.7 Å². The van der Waals surface area contributed by atoms with E-state index in [1.807, 2.05) is 6.92 Å². The third kappa shape index (κ3) is 4.56. The quantitative estimate of drug-likeness (QED) is 0.308. The molecule has 3 aromatic heterocycles. The lowest BCUT2D eigenvalue weighted by Crippen LogP contribution is -2.14. The molecule has 5 aromatic rings. The van der Waals surface area contributed by atoms with Crippen LogP contribution in [0.2, 0.25) is 0 Å². The molecule has 0 bridgehead atoms. The SMILES string of the molecule is Cc1ccc(F)c(S(=O)(=O)Nc2ccc(-c3cc4n[nH]c(C)c4c(Oc4cc[nH]c(=O)c4)n3)cc2)c1. The van der Waals surface area contributed by atoms with Crippen LogP contribution in [0.5, 0.6) is 11.6 Å². The molecule has 0 spiro atoms. The minimum Gasteiger partial charge on any atom is -0.438 e. The highest BCUT2D eigenvalue weighted by Crippen LogP contribution is 2.33. The van der Waals surface area contributed by atoms with E-state index >= 15 is 0 Å². The molecule has 0 fully saturated rings. The lowest BCUT2D eigenvalue weighted by molar-refractivity contribution is 0.468. The number of aromatic nitrogens is 4. The highest BCUT2D eigenvalue weighted by molar-refractivity contribution is 7.92. The zero-order valence-electron chi connectivity index (χ0n) is 19.2. The predicted octanol–water partition coefficient (Wildman–Crippen LogP) is 4.66. The fraction of sp³-hybridized carbons (Fsp3) is 0.0800. The van der Waals surface area contributed by atoms with Gasteiger partial charge in [-0.25, -0.2) is 17.8 Å². The summed E-state index contributed by atoms with van der Waals surface area (Å²) >= 11 is 0. The van der Waals surface area contributed by atoms with Gasteiger partial charge in [0.2, 0.25) is 5.88 Å². The molecule has 0 aliphatic heterocycles. The van der Waals surface area contributed by atoms with Crippen LogP contribution in [0.1, 0.15) is 11.3 Å². The molecule has 0 amide bonds. The van der Waals surface area contributed by atoms with E-state index in [4.69, 9.17) is 4.74 Å². The highest BCUT2D eigenvalue weighted by Gasteiger charge is 2.20. The Labute approximate surface area is 205 Å². The first-order valence-electron chi connectivity index (χ1n) is 10.8. The van der Waals surface area contributed by atoms with Gasteiger partial charge < -0.3 is 9.72 Å². The molecule has 11 heteroatoms. The number of rotatable bonds is 6. The first kappa shape index (κ1) is 23.2. The van der Waals surface area contributed by atoms with E-state index in [0.717, 1.165) is 11.8 Å². The van der Waals surface area contributed by atoms with Crippen molar-refractivity contribution in [1.82, 2.24) is 20.2 Å². The van der Waals surface area contributed by atoms with Gasteiger partial charge in [0, 0.05) is 29.2 Å². The summed E-state index contributed by atoms with van der Waals surface area (Å²) in [4.78, 5) is 18.4. The second kappa shape index (κ2) is 8.93. The Morgan fingerprint density at radius 2 is 1.78 bits per heavy atom. The van der Waals surface area contributed by atoms with Crippen LogP contribution in [0.3, 0.4) is 0 Å². The van der Waals surface area contributed by atoms with Crippen LogP contribution in [0.4, 0.5) is 10.1 Å². The molecule has 0 aliphatic rings. The zero-order chi connectivity index (χ0) is 25.4. The number of aromatic amines is 2. The summed E-state index contributed by atoms with van der Waals surface area (Å²) in [5.74, 6) is -0.248. The lowest BCUT2D eigenvalue weighted by Gasteiger charge is -2.11. The number of halogens is 1. The van der Waals surface area contributed by atoms with Crippen LogP contribution in [-0.4, -0.2) is 28.6 Å². The van der Waals surface area contributed by atoms with E-state index in [2.05, 4.69) is 24.9 Å². The third-order valence-electron chi connectivity index (χ3n) is 5.45. The van der Waals surface area contributed by atoms with Crippen LogP contribution in [-0.2, 0) is 10.0 Å². The number of hydrogen-bond donors (Lipinski definition) is 3.